The lowest BCUT2D eigenvalue weighted by molar-refractivity contribution is 0.228. The molecule has 112 valence electrons. The largest absolute Gasteiger partial charge is 0.495 e. The summed E-state index contributed by atoms with van der Waals surface area (Å²) in [6, 6.07) is 4.42. The highest BCUT2D eigenvalue weighted by atomic mass is 79.9. The fraction of sp³-hybridized carbons (Fsp3) is 0.625. The van der Waals surface area contributed by atoms with Crippen molar-refractivity contribution in [2.75, 3.05) is 21.3 Å². The molecule has 0 aromatic heterocycles. The lowest BCUT2D eigenvalue weighted by Crippen LogP contribution is -2.32. The third-order valence-electron chi connectivity index (χ3n) is 4.56. The predicted octanol–water partition coefficient (Wildman–Crippen LogP) is 4.31. The molecule has 1 aromatic rings. The van der Waals surface area contributed by atoms with Gasteiger partial charge >= 0.3 is 0 Å². The average molecular weight is 342 g/mol. The van der Waals surface area contributed by atoms with E-state index in [2.05, 4.69) is 34.2 Å². The molecule has 1 fully saturated rings. The van der Waals surface area contributed by atoms with Crippen LogP contribution in [0.1, 0.15) is 44.2 Å². The lowest BCUT2D eigenvalue weighted by atomic mass is 9.77. The van der Waals surface area contributed by atoms with E-state index in [4.69, 9.17) is 9.47 Å². The Morgan fingerprint density at radius 1 is 1.20 bits per heavy atom. The molecule has 0 bridgehead atoms. The van der Waals surface area contributed by atoms with Crippen molar-refractivity contribution in [1.29, 1.82) is 0 Å². The maximum atomic E-state index is 5.64. The monoisotopic (exact) mass is 341 g/mol. The molecule has 1 N–H and O–H groups in total. The standard InChI is InChI=1S/C16H24BrNO2/c1-16(9-5-6-10-16)15(18-2)11-7-8-12(19-3)13(17)14(11)20-4/h7-8,15,18H,5-6,9-10H2,1-4H3. The van der Waals surface area contributed by atoms with Crippen LogP contribution in [0.3, 0.4) is 0 Å². The van der Waals surface area contributed by atoms with Crippen molar-refractivity contribution in [3.05, 3.63) is 22.2 Å². The van der Waals surface area contributed by atoms with Crippen molar-refractivity contribution in [3.8, 4) is 11.5 Å². The van der Waals surface area contributed by atoms with Gasteiger partial charge in [0.05, 0.1) is 14.2 Å². The van der Waals surface area contributed by atoms with Crippen LogP contribution < -0.4 is 14.8 Å². The van der Waals surface area contributed by atoms with Gasteiger partial charge in [-0.3, -0.25) is 0 Å². The molecule has 0 amide bonds. The first-order valence-corrected chi connectivity index (χ1v) is 7.94. The molecule has 1 saturated carbocycles. The van der Waals surface area contributed by atoms with Crippen LogP contribution in [0.25, 0.3) is 0 Å². The molecule has 2 rings (SSSR count). The molecule has 20 heavy (non-hydrogen) atoms. The summed E-state index contributed by atoms with van der Waals surface area (Å²) in [6.07, 6.45) is 5.14. The van der Waals surface area contributed by atoms with Gasteiger partial charge < -0.3 is 14.8 Å². The summed E-state index contributed by atoms with van der Waals surface area (Å²) in [4.78, 5) is 0. The van der Waals surface area contributed by atoms with Gasteiger partial charge in [0, 0.05) is 11.6 Å². The van der Waals surface area contributed by atoms with Crippen LogP contribution in [-0.4, -0.2) is 21.3 Å². The molecule has 0 saturated heterocycles. The zero-order valence-corrected chi connectivity index (χ0v) is 14.3. The first kappa shape index (κ1) is 15.6. The molecule has 0 heterocycles. The SMILES string of the molecule is CNC(c1ccc(OC)c(Br)c1OC)C1(C)CCCC1. The highest BCUT2D eigenvalue weighted by Crippen LogP contribution is 2.50. The van der Waals surface area contributed by atoms with Gasteiger partial charge in [0.1, 0.15) is 16.0 Å². The molecule has 1 aromatic carbocycles. The fourth-order valence-corrected chi connectivity index (χ4v) is 4.18. The van der Waals surface area contributed by atoms with Gasteiger partial charge in [-0.05, 0) is 53.4 Å². The van der Waals surface area contributed by atoms with Gasteiger partial charge in [-0.15, -0.1) is 0 Å². The number of rotatable bonds is 5. The van der Waals surface area contributed by atoms with Gasteiger partial charge in [0.15, 0.2) is 0 Å². The van der Waals surface area contributed by atoms with Crippen LogP contribution in [0, 0.1) is 5.41 Å². The Balaban J connectivity index is 2.47. The van der Waals surface area contributed by atoms with Crippen LogP contribution in [0.4, 0.5) is 0 Å². The van der Waals surface area contributed by atoms with Crippen molar-refractivity contribution < 1.29 is 9.47 Å². The van der Waals surface area contributed by atoms with E-state index in [-0.39, 0.29) is 5.41 Å². The van der Waals surface area contributed by atoms with E-state index in [1.807, 2.05) is 13.1 Å². The number of nitrogens with one attached hydrogen (secondary N) is 1. The van der Waals surface area contributed by atoms with Crippen LogP contribution in [-0.2, 0) is 0 Å². The van der Waals surface area contributed by atoms with Crippen LogP contribution in [0.5, 0.6) is 11.5 Å². The van der Waals surface area contributed by atoms with Crippen LogP contribution >= 0.6 is 15.9 Å². The Bertz CT molecular complexity index is 470. The first-order valence-electron chi connectivity index (χ1n) is 7.15. The van der Waals surface area contributed by atoms with Gasteiger partial charge in [0.25, 0.3) is 0 Å². The molecule has 4 heteroatoms. The quantitative estimate of drug-likeness (QED) is 0.865. The van der Waals surface area contributed by atoms with Crippen LogP contribution in [0.2, 0.25) is 0 Å². The highest BCUT2D eigenvalue weighted by molar-refractivity contribution is 9.10. The topological polar surface area (TPSA) is 30.5 Å². The van der Waals surface area contributed by atoms with Gasteiger partial charge in [-0.25, -0.2) is 0 Å². The minimum absolute atomic E-state index is 0.288. The zero-order chi connectivity index (χ0) is 14.8. The van der Waals surface area contributed by atoms with Gasteiger partial charge in [-0.2, -0.15) is 0 Å². The van der Waals surface area contributed by atoms with Gasteiger partial charge in [0.2, 0.25) is 0 Å². The third-order valence-corrected chi connectivity index (χ3v) is 5.31. The van der Waals surface area contributed by atoms with Crippen molar-refractivity contribution >= 4 is 15.9 Å². The second kappa shape index (κ2) is 6.35. The van der Waals surface area contributed by atoms with Crippen molar-refractivity contribution in [3.63, 3.8) is 0 Å². The van der Waals surface area contributed by atoms with Crippen molar-refractivity contribution in [1.82, 2.24) is 5.32 Å². The molecule has 1 unspecified atom stereocenters. The molecule has 1 aliphatic rings. The summed E-state index contributed by atoms with van der Waals surface area (Å²) >= 11 is 3.60. The van der Waals surface area contributed by atoms with E-state index >= 15 is 0 Å². The molecule has 3 nitrogen and oxygen atoms in total. The number of ether oxygens (including phenoxy) is 2. The summed E-state index contributed by atoms with van der Waals surface area (Å²) < 4.78 is 11.9. The number of methoxy groups -OCH3 is 2. The molecule has 0 radical (unpaired) electrons. The maximum Gasteiger partial charge on any atom is 0.141 e. The van der Waals surface area contributed by atoms with E-state index in [1.165, 1.54) is 31.2 Å². The second-order valence-electron chi connectivity index (χ2n) is 5.79. The van der Waals surface area contributed by atoms with E-state index < -0.39 is 0 Å². The molecule has 0 spiro atoms. The number of benzene rings is 1. The number of hydrogen-bond donors (Lipinski definition) is 1. The summed E-state index contributed by atoms with van der Waals surface area (Å²) in [7, 11) is 5.42. The summed E-state index contributed by atoms with van der Waals surface area (Å²) in [5.74, 6) is 1.67. The lowest BCUT2D eigenvalue weighted by Gasteiger charge is -2.35. The summed E-state index contributed by atoms with van der Waals surface area (Å²) in [5, 5.41) is 3.50. The fourth-order valence-electron chi connectivity index (χ4n) is 3.50. The van der Waals surface area contributed by atoms with E-state index in [0.717, 1.165) is 16.0 Å². The Morgan fingerprint density at radius 3 is 2.35 bits per heavy atom. The smallest absolute Gasteiger partial charge is 0.141 e. The zero-order valence-electron chi connectivity index (χ0n) is 12.8. The summed E-state index contributed by atoms with van der Waals surface area (Å²) in [6.45, 7) is 2.37. The van der Waals surface area contributed by atoms with E-state index in [1.54, 1.807) is 14.2 Å². The van der Waals surface area contributed by atoms with Crippen molar-refractivity contribution in [2.24, 2.45) is 5.41 Å². The Labute approximate surface area is 130 Å². The van der Waals surface area contributed by atoms with Gasteiger partial charge in [-0.1, -0.05) is 19.8 Å². The Hall–Kier alpha value is -0.740. The predicted molar refractivity (Wildman–Crippen MR) is 85.6 cm³/mol. The minimum Gasteiger partial charge on any atom is -0.495 e. The second-order valence-corrected chi connectivity index (χ2v) is 6.58. The third kappa shape index (κ3) is 2.68. The Morgan fingerprint density at radius 2 is 1.85 bits per heavy atom. The molecule has 1 atom stereocenters. The summed E-state index contributed by atoms with van der Waals surface area (Å²) in [5.41, 5.74) is 1.49. The van der Waals surface area contributed by atoms with E-state index in [9.17, 15) is 0 Å². The number of halogens is 1. The molecule has 1 aliphatic carbocycles. The van der Waals surface area contributed by atoms with Crippen LogP contribution in [0.15, 0.2) is 16.6 Å². The highest BCUT2D eigenvalue weighted by Gasteiger charge is 2.38. The Kier molecular flexibility index (Phi) is 4.97. The maximum absolute atomic E-state index is 5.64. The normalized spacial score (nSPS) is 18.9. The molecular formula is C16H24BrNO2. The minimum atomic E-state index is 0.288. The first-order chi connectivity index (χ1) is 9.57. The number of hydrogen-bond acceptors (Lipinski definition) is 3. The van der Waals surface area contributed by atoms with E-state index in [0.29, 0.717) is 6.04 Å². The molecular weight excluding hydrogens is 318 g/mol. The average Bonchev–Trinajstić information content (AvgIpc) is 2.87. The van der Waals surface area contributed by atoms with Crippen molar-refractivity contribution in [2.45, 2.75) is 38.6 Å². The molecule has 0 aliphatic heterocycles.